The fourth-order valence-electron chi connectivity index (χ4n) is 3.84. The Labute approximate surface area is 173 Å². The van der Waals surface area contributed by atoms with Crippen molar-refractivity contribution in [3.63, 3.8) is 0 Å². The van der Waals surface area contributed by atoms with Gasteiger partial charge in [-0.1, -0.05) is 0 Å². The quantitative estimate of drug-likeness (QED) is 0.675. The van der Waals surface area contributed by atoms with Crippen LogP contribution in [0.5, 0.6) is 5.88 Å². The van der Waals surface area contributed by atoms with E-state index in [9.17, 15) is 9.18 Å². The van der Waals surface area contributed by atoms with E-state index >= 15 is 0 Å². The number of rotatable bonds is 6. The Morgan fingerprint density at radius 2 is 2.13 bits per heavy atom. The zero-order valence-corrected chi connectivity index (χ0v) is 16.6. The van der Waals surface area contributed by atoms with Crippen LogP contribution in [0.4, 0.5) is 4.39 Å². The minimum absolute atomic E-state index is 0.185. The Morgan fingerprint density at radius 3 is 2.93 bits per heavy atom. The lowest BCUT2D eigenvalue weighted by atomic mass is 10.1. The van der Waals surface area contributed by atoms with Crippen molar-refractivity contribution < 1.29 is 13.9 Å². The number of amides is 1. The molecular weight excluding hydrogens is 385 g/mol. The Morgan fingerprint density at radius 1 is 1.27 bits per heavy atom. The van der Waals surface area contributed by atoms with Crippen LogP contribution in [0.15, 0.2) is 36.7 Å². The molecule has 3 aromatic heterocycles. The van der Waals surface area contributed by atoms with Crippen molar-refractivity contribution >= 4 is 5.91 Å². The van der Waals surface area contributed by atoms with Gasteiger partial charge in [-0.05, 0) is 44.4 Å². The summed E-state index contributed by atoms with van der Waals surface area (Å²) in [5, 5.41) is 7.63. The summed E-state index contributed by atoms with van der Waals surface area (Å²) in [6.07, 6.45) is 5.79. The first kappa shape index (κ1) is 18.7. The van der Waals surface area contributed by atoms with Crippen LogP contribution in [0, 0.1) is 5.82 Å². The number of carbonyl (C=O) groups excluding carboxylic acids is 1. The number of nitrogens with zero attached hydrogens (tertiary/aromatic N) is 4. The fourth-order valence-corrected chi connectivity index (χ4v) is 3.84. The molecule has 1 saturated carbocycles. The molecule has 4 heterocycles. The summed E-state index contributed by atoms with van der Waals surface area (Å²) >= 11 is 0. The number of pyridine rings is 2. The van der Waals surface area contributed by atoms with E-state index in [1.807, 2.05) is 23.7 Å². The maximum absolute atomic E-state index is 14.4. The highest BCUT2D eigenvalue weighted by molar-refractivity contribution is 5.94. The van der Waals surface area contributed by atoms with Gasteiger partial charge in [-0.25, -0.2) is 9.37 Å². The first-order chi connectivity index (χ1) is 14.6. The zero-order valence-electron chi connectivity index (χ0n) is 16.6. The largest absolute Gasteiger partial charge is 0.478 e. The lowest BCUT2D eigenvalue weighted by Crippen LogP contribution is -2.27. The Bertz CT molecular complexity index is 1110. The second kappa shape index (κ2) is 7.51. The molecule has 7 nitrogen and oxygen atoms in total. The number of aryl methyl sites for hydroxylation is 1. The summed E-state index contributed by atoms with van der Waals surface area (Å²) in [5.41, 5.74) is 3.33. The molecule has 8 heteroatoms. The van der Waals surface area contributed by atoms with E-state index in [-0.39, 0.29) is 17.8 Å². The van der Waals surface area contributed by atoms with Gasteiger partial charge in [0.15, 0.2) is 5.82 Å². The molecule has 0 unspecified atom stereocenters. The molecule has 1 atom stereocenters. The number of hydrogen-bond donors (Lipinski definition) is 1. The van der Waals surface area contributed by atoms with Crippen molar-refractivity contribution in [1.82, 2.24) is 25.1 Å². The molecule has 0 radical (unpaired) electrons. The molecule has 1 amide bonds. The van der Waals surface area contributed by atoms with Gasteiger partial charge in [0.05, 0.1) is 30.2 Å². The molecule has 0 spiro atoms. The minimum atomic E-state index is -0.378. The van der Waals surface area contributed by atoms with E-state index in [1.54, 1.807) is 18.3 Å². The highest BCUT2D eigenvalue weighted by Crippen LogP contribution is 2.40. The average molecular weight is 407 g/mol. The van der Waals surface area contributed by atoms with E-state index in [4.69, 9.17) is 4.74 Å². The Hall–Kier alpha value is -3.29. The molecule has 30 heavy (non-hydrogen) atoms. The predicted molar refractivity (Wildman–Crippen MR) is 108 cm³/mol. The molecule has 1 fully saturated rings. The van der Waals surface area contributed by atoms with Gasteiger partial charge in [0.25, 0.3) is 5.91 Å². The molecule has 3 aromatic rings. The molecule has 2 aliphatic rings. The standard InChI is InChI=1S/C22H22FN5O2/c1-2-30-21-9-14(5-7-24-21)22(29)26-17-6-8-28-20(17)11-19(27-28)15-10-18(13-3-4-13)25-12-16(15)23/h5,7,9-13,17H,2-4,6,8H2,1H3,(H,26,29)/t17-/m0/s1. The van der Waals surface area contributed by atoms with Crippen molar-refractivity contribution in [3.8, 4) is 17.1 Å². The van der Waals surface area contributed by atoms with Crippen LogP contribution in [0.1, 0.15) is 59.9 Å². The second-order valence-corrected chi connectivity index (χ2v) is 7.67. The number of halogens is 1. The number of hydrogen-bond acceptors (Lipinski definition) is 5. The number of carbonyl (C=O) groups is 1. The maximum Gasteiger partial charge on any atom is 0.252 e. The first-order valence-electron chi connectivity index (χ1n) is 10.3. The molecule has 1 aliphatic carbocycles. The van der Waals surface area contributed by atoms with Crippen LogP contribution >= 0.6 is 0 Å². The maximum atomic E-state index is 14.4. The van der Waals surface area contributed by atoms with E-state index in [2.05, 4.69) is 20.4 Å². The third-order valence-corrected chi connectivity index (χ3v) is 5.54. The Balaban J connectivity index is 1.37. The van der Waals surface area contributed by atoms with Gasteiger partial charge in [0.1, 0.15) is 0 Å². The summed E-state index contributed by atoms with van der Waals surface area (Å²) < 4.78 is 21.6. The van der Waals surface area contributed by atoms with E-state index < -0.39 is 0 Å². The SMILES string of the molecule is CCOc1cc(C(=O)N[C@H]2CCn3nc(-c4cc(C5CC5)ncc4F)cc32)ccn1. The molecule has 0 saturated heterocycles. The first-order valence-corrected chi connectivity index (χ1v) is 10.3. The third kappa shape index (κ3) is 3.53. The van der Waals surface area contributed by atoms with Crippen LogP contribution in [0.25, 0.3) is 11.3 Å². The number of aromatic nitrogens is 4. The normalized spacial score (nSPS) is 17.6. The predicted octanol–water partition coefficient (Wildman–Crippen LogP) is 3.63. The number of nitrogens with one attached hydrogen (secondary N) is 1. The van der Waals surface area contributed by atoms with Crippen LogP contribution in [0.3, 0.4) is 0 Å². The lowest BCUT2D eigenvalue weighted by Gasteiger charge is -2.12. The topological polar surface area (TPSA) is 81.9 Å². The van der Waals surface area contributed by atoms with E-state index in [1.165, 1.54) is 6.20 Å². The van der Waals surface area contributed by atoms with Gasteiger partial charge in [0, 0.05) is 41.5 Å². The second-order valence-electron chi connectivity index (χ2n) is 7.67. The van der Waals surface area contributed by atoms with Gasteiger partial charge in [0.2, 0.25) is 5.88 Å². The molecular formula is C22H22FN5O2. The van der Waals surface area contributed by atoms with E-state index in [0.29, 0.717) is 41.8 Å². The molecule has 1 aliphatic heterocycles. The van der Waals surface area contributed by atoms with Gasteiger partial charge in [-0.15, -0.1) is 0 Å². The van der Waals surface area contributed by atoms with Gasteiger partial charge in [-0.3, -0.25) is 14.5 Å². The summed E-state index contributed by atoms with van der Waals surface area (Å²) in [7, 11) is 0. The smallest absolute Gasteiger partial charge is 0.252 e. The van der Waals surface area contributed by atoms with Crippen LogP contribution in [0.2, 0.25) is 0 Å². The molecule has 5 rings (SSSR count). The zero-order chi connectivity index (χ0) is 20.7. The van der Waals surface area contributed by atoms with Gasteiger partial charge >= 0.3 is 0 Å². The lowest BCUT2D eigenvalue weighted by molar-refractivity contribution is 0.0936. The highest BCUT2D eigenvalue weighted by Gasteiger charge is 2.29. The molecule has 154 valence electrons. The summed E-state index contributed by atoms with van der Waals surface area (Å²) in [5.74, 6) is 0.277. The molecule has 0 aromatic carbocycles. The monoisotopic (exact) mass is 407 g/mol. The summed E-state index contributed by atoms with van der Waals surface area (Å²) in [6, 6.07) is 6.77. The summed E-state index contributed by atoms with van der Waals surface area (Å²) in [6.45, 7) is 3.02. The van der Waals surface area contributed by atoms with E-state index in [0.717, 1.165) is 30.7 Å². The fraction of sp³-hybridized carbons (Fsp3) is 0.364. The van der Waals surface area contributed by atoms with Crippen molar-refractivity contribution in [3.05, 3.63) is 59.4 Å². The van der Waals surface area contributed by atoms with Gasteiger partial charge in [-0.2, -0.15) is 5.10 Å². The minimum Gasteiger partial charge on any atom is -0.478 e. The van der Waals surface area contributed by atoms with Crippen LogP contribution < -0.4 is 10.1 Å². The summed E-state index contributed by atoms with van der Waals surface area (Å²) in [4.78, 5) is 21.0. The van der Waals surface area contributed by atoms with Crippen molar-refractivity contribution in [2.45, 2.75) is 44.7 Å². The van der Waals surface area contributed by atoms with Crippen molar-refractivity contribution in [1.29, 1.82) is 0 Å². The third-order valence-electron chi connectivity index (χ3n) is 5.54. The van der Waals surface area contributed by atoms with Crippen LogP contribution in [-0.2, 0) is 6.54 Å². The number of ether oxygens (including phenoxy) is 1. The highest BCUT2D eigenvalue weighted by atomic mass is 19.1. The van der Waals surface area contributed by atoms with Gasteiger partial charge < -0.3 is 10.1 Å². The average Bonchev–Trinajstić information content (AvgIpc) is 3.41. The number of fused-ring (bicyclic) bond motifs is 1. The Kier molecular flexibility index (Phi) is 4.69. The van der Waals surface area contributed by atoms with Crippen LogP contribution in [-0.4, -0.2) is 32.3 Å². The molecule has 1 N–H and O–H groups in total. The van der Waals surface area contributed by atoms with Crippen molar-refractivity contribution in [2.75, 3.05) is 6.61 Å². The molecule has 0 bridgehead atoms. The van der Waals surface area contributed by atoms with Crippen molar-refractivity contribution in [2.24, 2.45) is 0 Å².